The van der Waals surface area contributed by atoms with E-state index in [4.69, 9.17) is 4.74 Å². The molecule has 0 bridgehead atoms. The second-order valence-corrected chi connectivity index (χ2v) is 4.80. The topological polar surface area (TPSA) is 51.2 Å². The molecule has 1 aliphatic carbocycles. The first-order valence-electron chi connectivity index (χ1n) is 6.58. The third-order valence-electron chi connectivity index (χ3n) is 3.48. The number of nitrogens with zero attached hydrogens (tertiary/aromatic N) is 1. The average Bonchev–Trinajstić information content (AvgIpc) is 2.46. The number of methoxy groups -OCH3 is 1. The summed E-state index contributed by atoms with van der Waals surface area (Å²) in [6.45, 7) is 0.781. The Morgan fingerprint density at radius 3 is 2.94 bits per heavy atom. The van der Waals surface area contributed by atoms with Crippen molar-refractivity contribution in [2.24, 2.45) is 5.92 Å². The molecule has 0 radical (unpaired) electrons. The van der Waals surface area contributed by atoms with Crippen LogP contribution in [0.4, 0.5) is 0 Å². The molecule has 1 amide bonds. The quantitative estimate of drug-likeness (QED) is 0.890. The van der Waals surface area contributed by atoms with E-state index in [-0.39, 0.29) is 5.91 Å². The Morgan fingerprint density at radius 1 is 1.44 bits per heavy atom. The van der Waals surface area contributed by atoms with Crippen LogP contribution in [0.2, 0.25) is 0 Å². The van der Waals surface area contributed by atoms with Crippen LogP contribution < -0.4 is 10.1 Å². The Labute approximate surface area is 108 Å². The predicted molar refractivity (Wildman–Crippen MR) is 69.7 cm³/mol. The number of amides is 1. The number of ether oxygens (including phenoxy) is 1. The van der Waals surface area contributed by atoms with Crippen molar-refractivity contribution >= 4 is 5.91 Å². The van der Waals surface area contributed by atoms with Gasteiger partial charge in [-0.3, -0.25) is 4.79 Å². The molecule has 0 atom stereocenters. The van der Waals surface area contributed by atoms with Crippen LogP contribution in [0.1, 0.15) is 42.5 Å². The van der Waals surface area contributed by atoms with Crippen molar-refractivity contribution in [1.29, 1.82) is 0 Å². The highest BCUT2D eigenvalue weighted by Crippen LogP contribution is 2.22. The van der Waals surface area contributed by atoms with E-state index >= 15 is 0 Å². The summed E-state index contributed by atoms with van der Waals surface area (Å²) in [6, 6.07) is 3.37. The summed E-state index contributed by atoms with van der Waals surface area (Å²) >= 11 is 0. The Hall–Kier alpha value is -1.58. The van der Waals surface area contributed by atoms with Crippen LogP contribution in [0, 0.1) is 5.92 Å². The maximum atomic E-state index is 12.0. The Morgan fingerprint density at radius 2 is 2.22 bits per heavy atom. The van der Waals surface area contributed by atoms with Gasteiger partial charge in [-0.15, -0.1) is 0 Å². The number of carbonyl (C=O) groups excluding carboxylic acids is 1. The zero-order valence-corrected chi connectivity index (χ0v) is 10.8. The summed E-state index contributed by atoms with van der Waals surface area (Å²) in [7, 11) is 1.55. The Kier molecular flexibility index (Phi) is 4.56. The van der Waals surface area contributed by atoms with Gasteiger partial charge in [0.1, 0.15) is 0 Å². The van der Waals surface area contributed by atoms with Crippen LogP contribution in [0.5, 0.6) is 5.88 Å². The molecule has 0 saturated heterocycles. The van der Waals surface area contributed by atoms with Gasteiger partial charge >= 0.3 is 0 Å². The third kappa shape index (κ3) is 3.45. The number of pyridine rings is 1. The fraction of sp³-hybridized carbons (Fsp3) is 0.571. The number of carbonyl (C=O) groups is 1. The monoisotopic (exact) mass is 248 g/mol. The SMILES string of the molecule is COc1cc(C(=O)NCC2CCCCC2)ccn1. The van der Waals surface area contributed by atoms with Gasteiger partial charge < -0.3 is 10.1 Å². The summed E-state index contributed by atoms with van der Waals surface area (Å²) in [5, 5.41) is 3.00. The molecular formula is C14H20N2O2. The van der Waals surface area contributed by atoms with Gasteiger partial charge in [0.05, 0.1) is 7.11 Å². The Bertz CT molecular complexity index is 401. The van der Waals surface area contributed by atoms with E-state index < -0.39 is 0 Å². The van der Waals surface area contributed by atoms with Crippen molar-refractivity contribution in [3.05, 3.63) is 23.9 Å². The number of rotatable bonds is 4. The second-order valence-electron chi connectivity index (χ2n) is 4.80. The van der Waals surface area contributed by atoms with Gasteiger partial charge in [0.15, 0.2) is 0 Å². The van der Waals surface area contributed by atoms with Crippen molar-refractivity contribution in [2.45, 2.75) is 32.1 Å². The molecule has 2 rings (SSSR count). The van der Waals surface area contributed by atoms with Gasteiger partial charge in [0.25, 0.3) is 5.91 Å². The summed E-state index contributed by atoms with van der Waals surface area (Å²) in [6.07, 6.45) is 7.99. The van der Waals surface area contributed by atoms with Crippen molar-refractivity contribution in [2.75, 3.05) is 13.7 Å². The van der Waals surface area contributed by atoms with Crippen LogP contribution in [-0.2, 0) is 0 Å². The van der Waals surface area contributed by atoms with E-state index in [1.54, 1.807) is 25.4 Å². The fourth-order valence-electron chi connectivity index (χ4n) is 2.39. The molecule has 1 N–H and O–H groups in total. The molecule has 0 unspecified atom stereocenters. The number of aromatic nitrogens is 1. The number of nitrogens with one attached hydrogen (secondary N) is 1. The minimum absolute atomic E-state index is 0.0405. The van der Waals surface area contributed by atoms with E-state index in [1.165, 1.54) is 32.1 Å². The number of hydrogen-bond donors (Lipinski definition) is 1. The molecular weight excluding hydrogens is 228 g/mol. The van der Waals surface area contributed by atoms with Crippen LogP contribution >= 0.6 is 0 Å². The van der Waals surface area contributed by atoms with Gasteiger partial charge in [-0.1, -0.05) is 19.3 Å². The summed E-state index contributed by atoms with van der Waals surface area (Å²) < 4.78 is 5.01. The van der Waals surface area contributed by atoms with E-state index in [0.717, 1.165) is 6.54 Å². The predicted octanol–water partition coefficient (Wildman–Crippen LogP) is 2.40. The van der Waals surface area contributed by atoms with Crippen LogP contribution in [-0.4, -0.2) is 24.5 Å². The average molecular weight is 248 g/mol. The molecule has 0 aliphatic heterocycles. The van der Waals surface area contributed by atoms with Crippen LogP contribution in [0.3, 0.4) is 0 Å². The molecule has 18 heavy (non-hydrogen) atoms. The highest BCUT2D eigenvalue weighted by atomic mass is 16.5. The summed E-state index contributed by atoms with van der Waals surface area (Å²) in [5.41, 5.74) is 0.609. The highest BCUT2D eigenvalue weighted by Gasteiger charge is 2.15. The molecule has 4 nitrogen and oxygen atoms in total. The molecule has 1 saturated carbocycles. The Balaban J connectivity index is 1.86. The number of hydrogen-bond acceptors (Lipinski definition) is 3. The van der Waals surface area contributed by atoms with E-state index in [2.05, 4.69) is 10.3 Å². The minimum Gasteiger partial charge on any atom is -0.481 e. The largest absolute Gasteiger partial charge is 0.481 e. The second kappa shape index (κ2) is 6.38. The molecule has 1 aromatic rings. The summed E-state index contributed by atoms with van der Waals surface area (Å²) in [4.78, 5) is 15.9. The summed E-state index contributed by atoms with van der Waals surface area (Å²) in [5.74, 6) is 1.08. The molecule has 0 spiro atoms. The first kappa shape index (κ1) is 12.9. The minimum atomic E-state index is -0.0405. The zero-order valence-electron chi connectivity index (χ0n) is 10.8. The molecule has 0 aromatic carbocycles. The molecule has 1 aromatic heterocycles. The maximum Gasteiger partial charge on any atom is 0.251 e. The first-order valence-corrected chi connectivity index (χ1v) is 6.58. The van der Waals surface area contributed by atoms with Gasteiger partial charge in [-0.25, -0.2) is 4.98 Å². The molecule has 1 heterocycles. The molecule has 1 aliphatic rings. The van der Waals surface area contributed by atoms with Crippen LogP contribution in [0.15, 0.2) is 18.3 Å². The van der Waals surface area contributed by atoms with Crippen molar-refractivity contribution in [3.8, 4) is 5.88 Å². The zero-order chi connectivity index (χ0) is 12.8. The normalized spacial score (nSPS) is 16.3. The first-order chi connectivity index (χ1) is 8.79. The van der Waals surface area contributed by atoms with E-state index in [1.807, 2.05) is 0 Å². The van der Waals surface area contributed by atoms with Gasteiger partial charge in [-0.2, -0.15) is 0 Å². The molecule has 98 valence electrons. The molecule has 1 fully saturated rings. The lowest BCUT2D eigenvalue weighted by molar-refractivity contribution is 0.0943. The van der Waals surface area contributed by atoms with Crippen molar-refractivity contribution in [3.63, 3.8) is 0 Å². The van der Waals surface area contributed by atoms with Gasteiger partial charge in [-0.05, 0) is 24.8 Å². The lowest BCUT2D eigenvalue weighted by Crippen LogP contribution is -2.30. The van der Waals surface area contributed by atoms with Gasteiger partial charge in [0, 0.05) is 24.4 Å². The maximum absolute atomic E-state index is 12.0. The van der Waals surface area contributed by atoms with Crippen LogP contribution in [0.25, 0.3) is 0 Å². The van der Waals surface area contributed by atoms with Gasteiger partial charge in [0.2, 0.25) is 5.88 Å². The standard InChI is InChI=1S/C14H20N2O2/c1-18-13-9-12(7-8-15-13)14(17)16-10-11-5-3-2-4-6-11/h7-9,11H,2-6,10H2,1H3,(H,16,17). The highest BCUT2D eigenvalue weighted by molar-refractivity contribution is 5.94. The third-order valence-corrected chi connectivity index (χ3v) is 3.48. The lowest BCUT2D eigenvalue weighted by atomic mass is 9.89. The smallest absolute Gasteiger partial charge is 0.251 e. The van der Waals surface area contributed by atoms with Crippen molar-refractivity contribution in [1.82, 2.24) is 10.3 Å². The van der Waals surface area contributed by atoms with E-state index in [0.29, 0.717) is 17.4 Å². The molecule has 4 heteroatoms. The van der Waals surface area contributed by atoms with E-state index in [9.17, 15) is 4.79 Å². The van der Waals surface area contributed by atoms with Crippen molar-refractivity contribution < 1.29 is 9.53 Å². The lowest BCUT2D eigenvalue weighted by Gasteiger charge is -2.21. The fourth-order valence-corrected chi connectivity index (χ4v) is 2.39.